The summed E-state index contributed by atoms with van der Waals surface area (Å²) in [4.78, 5) is 16.1. The number of aliphatic hydroxyl groups is 1. The van der Waals surface area contributed by atoms with Crippen LogP contribution in [0.3, 0.4) is 0 Å². The molecule has 23 heavy (non-hydrogen) atoms. The zero-order valence-electron chi connectivity index (χ0n) is 13.2. The molecular weight excluding hydrogens is 323 g/mol. The van der Waals surface area contributed by atoms with Gasteiger partial charge in [-0.05, 0) is 25.1 Å². The highest BCUT2D eigenvalue weighted by Crippen LogP contribution is 2.17. The molecule has 1 saturated heterocycles. The molecule has 1 heterocycles. The number of amides is 1. The van der Waals surface area contributed by atoms with Gasteiger partial charge in [0.2, 0.25) is 0 Å². The Balaban J connectivity index is 1.85. The van der Waals surface area contributed by atoms with Crippen molar-refractivity contribution in [3.8, 4) is 0 Å². The topological polar surface area (TPSA) is 53.0 Å². The molecule has 2 rings (SSSR count). The average molecular weight is 345 g/mol. The second kappa shape index (κ2) is 8.59. The van der Waals surface area contributed by atoms with Crippen molar-refractivity contribution in [2.75, 3.05) is 45.9 Å². The smallest absolute Gasteiger partial charge is 0.256 e. The highest BCUT2D eigenvalue weighted by atomic mass is 35.5. The Morgan fingerprint density at radius 2 is 2.09 bits per heavy atom. The molecule has 1 aliphatic heterocycles. The van der Waals surface area contributed by atoms with E-state index in [1.54, 1.807) is 4.90 Å². The van der Waals surface area contributed by atoms with Gasteiger partial charge in [0.1, 0.15) is 5.82 Å². The third kappa shape index (κ3) is 5.14. The van der Waals surface area contributed by atoms with E-state index in [2.05, 4.69) is 4.90 Å². The summed E-state index contributed by atoms with van der Waals surface area (Å²) < 4.78 is 19.0. The lowest BCUT2D eigenvalue weighted by Crippen LogP contribution is -2.51. The number of carbonyl (C=O) groups is 1. The lowest BCUT2D eigenvalue weighted by molar-refractivity contribution is 0.0111. The predicted octanol–water partition coefficient (Wildman–Crippen LogP) is 1.63. The summed E-state index contributed by atoms with van der Waals surface area (Å²) in [7, 11) is 0. The molecule has 0 spiro atoms. The molecule has 1 aliphatic rings. The first kappa shape index (κ1) is 18.1. The number of benzene rings is 1. The third-order valence-corrected chi connectivity index (χ3v) is 4.04. The molecule has 1 atom stereocenters. The van der Waals surface area contributed by atoms with Crippen LogP contribution in [0, 0.1) is 5.82 Å². The number of carbonyl (C=O) groups excluding carboxylic acids is 1. The zero-order chi connectivity index (χ0) is 16.8. The molecule has 0 unspecified atom stereocenters. The molecule has 0 radical (unpaired) electrons. The van der Waals surface area contributed by atoms with Crippen molar-refractivity contribution in [2.45, 2.75) is 13.0 Å². The van der Waals surface area contributed by atoms with Gasteiger partial charge in [-0.1, -0.05) is 11.6 Å². The number of rotatable bonds is 6. The fraction of sp³-hybridized carbons (Fsp3) is 0.562. The van der Waals surface area contributed by atoms with E-state index in [0.29, 0.717) is 45.9 Å². The lowest BCUT2D eigenvalue weighted by atomic mass is 10.1. The molecule has 1 N–H and O–H groups in total. The van der Waals surface area contributed by atoms with Crippen LogP contribution in [0.1, 0.15) is 17.3 Å². The van der Waals surface area contributed by atoms with Crippen molar-refractivity contribution in [1.29, 1.82) is 0 Å². The van der Waals surface area contributed by atoms with Crippen molar-refractivity contribution in [1.82, 2.24) is 9.80 Å². The van der Waals surface area contributed by atoms with Gasteiger partial charge in [-0.3, -0.25) is 9.69 Å². The number of hydrogen-bond donors (Lipinski definition) is 1. The molecule has 0 aromatic heterocycles. The van der Waals surface area contributed by atoms with Gasteiger partial charge in [-0.2, -0.15) is 0 Å². The van der Waals surface area contributed by atoms with Crippen molar-refractivity contribution in [3.05, 3.63) is 34.6 Å². The van der Waals surface area contributed by atoms with Gasteiger partial charge in [-0.15, -0.1) is 0 Å². The Morgan fingerprint density at radius 3 is 2.70 bits per heavy atom. The number of halogens is 2. The van der Waals surface area contributed by atoms with Crippen LogP contribution in [0.25, 0.3) is 0 Å². The summed E-state index contributed by atoms with van der Waals surface area (Å²) >= 11 is 5.71. The van der Waals surface area contributed by atoms with Gasteiger partial charge in [-0.25, -0.2) is 4.39 Å². The van der Waals surface area contributed by atoms with E-state index in [9.17, 15) is 14.3 Å². The standard InChI is InChI=1S/C16H22ClFN2O3/c1-2-23-11-13(21)10-19-5-7-20(8-6-19)16(22)14-4-3-12(17)9-15(14)18/h3-4,9,13,21H,2,5-8,10-11H2,1H3/t13-/m1/s1. The number of nitrogens with zero attached hydrogens (tertiary/aromatic N) is 2. The van der Waals surface area contributed by atoms with E-state index in [-0.39, 0.29) is 16.5 Å². The summed E-state index contributed by atoms with van der Waals surface area (Å²) in [5.41, 5.74) is 0.0410. The number of β-amino-alcohol motifs (C(OH)–C–C–N with tert-alkyl or cyclic N) is 1. The Kier molecular flexibility index (Phi) is 6.77. The van der Waals surface area contributed by atoms with Crippen LogP contribution in [-0.4, -0.2) is 72.9 Å². The molecular formula is C16H22ClFN2O3. The molecule has 5 nitrogen and oxygen atoms in total. The van der Waals surface area contributed by atoms with Crippen LogP contribution in [-0.2, 0) is 4.74 Å². The number of hydrogen-bond acceptors (Lipinski definition) is 4. The van der Waals surface area contributed by atoms with Crippen LogP contribution in [0.15, 0.2) is 18.2 Å². The Labute approximate surface area is 140 Å². The Morgan fingerprint density at radius 1 is 1.39 bits per heavy atom. The second-order valence-corrected chi connectivity index (χ2v) is 5.97. The van der Waals surface area contributed by atoms with Gasteiger partial charge < -0.3 is 14.7 Å². The molecule has 1 fully saturated rings. The normalized spacial score (nSPS) is 17.3. The average Bonchev–Trinajstić information content (AvgIpc) is 2.53. The van der Waals surface area contributed by atoms with Gasteiger partial charge >= 0.3 is 0 Å². The quantitative estimate of drug-likeness (QED) is 0.852. The van der Waals surface area contributed by atoms with Crippen LogP contribution in [0.5, 0.6) is 0 Å². The van der Waals surface area contributed by atoms with Crippen LogP contribution < -0.4 is 0 Å². The molecule has 0 aliphatic carbocycles. The van der Waals surface area contributed by atoms with E-state index in [1.165, 1.54) is 12.1 Å². The first-order chi connectivity index (χ1) is 11.0. The minimum atomic E-state index is -0.600. The lowest BCUT2D eigenvalue weighted by Gasteiger charge is -2.35. The molecule has 1 aromatic carbocycles. The maximum absolute atomic E-state index is 13.8. The monoisotopic (exact) mass is 344 g/mol. The van der Waals surface area contributed by atoms with E-state index < -0.39 is 11.9 Å². The summed E-state index contributed by atoms with van der Waals surface area (Å²) in [5.74, 6) is -0.925. The van der Waals surface area contributed by atoms with E-state index in [4.69, 9.17) is 16.3 Å². The van der Waals surface area contributed by atoms with Crippen molar-refractivity contribution >= 4 is 17.5 Å². The zero-order valence-corrected chi connectivity index (χ0v) is 13.9. The van der Waals surface area contributed by atoms with Gasteiger partial charge in [0, 0.05) is 44.4 Å². The van der Waals surface area contributed by atoms with Crippen molar-refractivity contribution < 1.29 is 19.0 Å². The number of aliphatic hydroxyl groups excluding tert-OH is 1. The largest absolute Gasteiger partial charge is 0.389 e. The Hall–Kier alpha value is -1.21. The minimum absolute atomic E-state index is 0.0410. The molecule has 7 heteroatoms. The van der Waals surface area contributed by atoms with E-state index in [0.717, 1.165) is 6.07 Å². The van der Waals surface area contributed by atoms with Gasteiger partial charge in [0.25, 0.3) is 5.91 Å². The van der Waals surface area contributed by atoms with Gasteiger partial charge in [0.05, 0.1) is 18.3 Å². The van der Waals surface area contributed by atoms with Gasteiger partial charge in [0.15, 0.2) is 0 Å². The second-order valence-electron chi connectivity index (χ2n) is 5.53. The van der Waals surface area contributed by atoms with Crippen LogP contribution >= 0.6 is 11.6 Å². The maximum atomic E-state index is 13.8. The molecule has 128 valence electrons. The number of piperazine rings is 1. The molecule has 0 saturated carbocycles. The minimum Gasteiger partial charge on any atom is -0.389 e. The SMILES string of the molecule is CCOC[C@H](O)CN1CCN(C(=O)c2ccc(Cl)cc2F)CC1. The maximum Gasteiger partial charge on any atom is 0.256 e. The highest BCUT2D eigenvalue weighted by Gasteiger charge is 2.25. The van der Waals surface area contributed by atoms with Crippen LogP contribution in [0.4, 0.5) is 4.39 Å². The Bertz CT molecular complexity index is 536. The van der Waals surface area contributed by atoms with Crippen molar-refractivity contribution in [3.63, 3.8) is 0 Å². The predicted molar refractivity (Wildman–Crippen MR) is 86.3 cm³/mol. The third-order valence-electron chi connectivity index (χ3n) is 3.80. The summed E-state index contributed by atoms with van der Waals surface area (Å²) in [6.07, 6.45) is -0.536. The fourth-order valence-corrected chi connectivity index (χ4v) is 2.73. The summed E-state index contributed by atoms with van der Waals surface area (Å²) in [6, 6.07) is 4.07. The molecule has 0 bridgehead atoms. The molecule has 1 amide bonds. The fourth-order valence-electron chi connectivity index (χ4n) is 2.57. The first-order valence-electron chi connectivity index (χ1n) is 7.73. The van der Waals surface area contributed by atoms with Crippen LogP contribution in [0.2, 0.25) is 5.02 Å². The number of ether oxygens (including phenoxy) is 1. The first-order valence-corrected chi connectivity index (χ1v) is 8.11. The van der Waals surface area contributed by atoms with Crippen molar-refractivity contribution in [2.24, 2.45) is 0 Å². The summed E-state index contributed by atoms with van der Waals surface area (Å²) in [6.45, 7) is 5.57. The summed E-state index contributed by atoms with van der Waals surface area (Å²) in [5, 5.41) is 10.1. The molecule has 1 aromatic rings. The van der Waals surface area contributed by atoms with E-state index in [1.807, 2.05) is 6.92 Å². The highest BCUT2D eigenvalue weighted by molar-refractivity contribution is 6.30. The van der Waals surface area contributed by atoms with E-state index >= 15 is 0 Å².